The van der Waals surface area contributed by atoms with Gasteiger partial charge in [-0.25, -0.2) is 0 Å². The molecule has 0 aliphatic carbocycles. The van der Waals surface area contributed by atoms with Crippen molar-refractivity contribution >= 4 is 16.5 Å². The van der Waals surface area contributed by atoms with Gasteiger partial charge >= 0.3 is 0 Å². The minimum absolute atomic E-state index is 1.11. The average molecular weight is 289 g/mol. The number of para-hydroxylation sites is 1. The zero-order chi connectivity index (χ0) is 15.2. The molecule has 0 atom stereocenters. The van der Waals surface area contributed by atoms with Gasteiger partial charge in [0, 0.05) is 19.3 Å². The third-order valence-corrected chi connectivity index (χ3v) is 4.27. The van der Waals surface area contributed by atoms with Gasteiger partial charge in [0.15, 0.2) is 0 Å². The number of unbranched alkanes of at least 4 members (excludes halogenated alkanes) is 1. The number of aryl methyl sites for hydroxylation is 1. The Morgan fingerprint density at radius 3 is 2.32 bits per heavy atom. The summed E-state index contributed by atoms with van der Waals surface area (Å²) in [4.78, 5) is 2.34. The van der Waals surface area contributed by atoms with Crippen LogP contribution in [0.2, 0.25) is 0 Å². The molecule has 0 saturated carbocycles. The van der Waals surface area contributed by atoms with E-state index in [9.17, 15) is 0 Å². The van der Waals surface area contributed by atoms with Crippen LogP contribution < -0.4 is 4.90 Å². The number of benzene rings is 3. The standard InChI is InChI=1S/C21H23N/c1-22(20-14-3-2-4-15-20)17-8-7-11-19-13-9-12-18-10-5-6-16-21(18)19/h2-6,9-10,12-16H,7-8,11,17H2,1H3. The summed E-state index contributed by atoms with van der Waals surface area (Å²) in [6.07, 6.45) is 3.60. The Morgan fingerprint density at radius 2 is 1.45 bits per heavy atom. The van der Waals surface area contributed by atoms with Gasteiger partial charge in [0.2, 0.25) is 0 Å². The number of fused-ring (bicyclic) bond motifs is 1. The molecule has 3 rings (SSSR count). The molecule has 3 aromatic carbocycles. The second kappa shape index (κ2) is 7.13. The lowest BCUT2D eigenvalue weighted by Crippen LogP contribution is -2.18. The summed E-state index contributed by atoms with van der Waals surface area (Å²) in [5, 5.41) is 2.75. The summed E-state index contributed by atoms with van der Waals surface area (Å²) >= 11 is 0. The lowest BCUT2D eigenvalue weighted by molar-refractivity contribution is 0.721. The minimum Gasteiger partial charge on any atom is -0.375 e. The van der Waals surface area contributed by atoms with Gasteiger partial charge in [-0.3, -0.25) is 0 Å². The number of rotatable bonds is 6. The first-order valence-electron chi connectivity index (χ1n) is 8.07. The SMILES string of the molecule is CN(CCCCc1cccc2ccccc12)c1ccccc1. The number of anilines is 1. The third-order valence-electron chi connectivity index (χ3n) is 4.27. The molecule has 0 heterocycles. The van der Waals surface area contributed by atoms with Crippen LogP contribution >= 0.6 is 0 Å². The van der Waals surface area contributed by atoms with Crippen LogP contribution in [0.15, 0.2) is 72.8 Å². The molecule has 0 aromatic heterocycles. The van der Waals surface area contributed by atoms with E-state index in [4.69, 9.17) is 0 Å². The Balaban J connectivity index is 1.55. The molecule has 0 amide bonds. The molecular weight excluding hydrogens is 266 g/mol. The molecule has 0 aliphatic rings. The molecule has 0 spiro atoms. The Labute approximate surface area is 133 Å². The fourth-order valence-corrected chi connectivity index (χ4v) is 2.99. The van der Waals surface area contributed by atoms with Crippen LogP contribution in [0, 0.1) is 0 Å². The van der Waals surface area contributed by atoms with Gasteiger partial charge in [-0.2, -0.15) is 0 Å². The van der Waals surface area contributed by atoms with Gasteiger partial charge in [-0.05, 0) is 47.7 Å². The van der Waals surface area contributed by atoms with Gasteiger partial charge in [0.25, 0.3) is 0 Å². The van der Waals surface area contributed by atoms with E-state index in [0.717, 1.165) is 13.0 Å². The molecule has 0 unspecified atom stereocenters. The fourth-order valence-electron chi connectivity index (χ4n) is 2.99. The summed E-state index contributed by atoms with van der Waals surface area (Å²) in [7, 11) is 2.17. The van der Waals surface area contributed by atoms with Crippen molar-refractivity contribution in [3.63, 3.8) is 0 Å². The van der Waals surface area contributed by atoms with E-state index in [-0.39, 0.29) is 0 Å². The van der Waals surface area contributed by atoms with Crippen LogP contribution in [-0.2, 0) is 6.42 Å². The van der Waals surface area contributed by atoms with Crippen molar-refractivity contribution in [2.75, 3.05) is 18.5 Å². The minimum atomic E-state index is 1.11. The molecule has 0 fully saturated rings. The molecule has 0 saturated heterocycles. The molecule has 0 N–H and O–H groups in total. The molecular formula is C21H23N. The molecule has 3 aromatic rings. The maximum Gasteiger partial charge on any atom is 0.0363 e. The van der Waals surface area contributed by atoms with E-state index in [0.29, 0.717) is 0 Å². The van der Waals surface area contributed by atoms with Crippen molar-refractivity contribution in [3.8, 4) is 0 Å². The van der Waals surface area contributed by atoms with Gasteiger partial charge in [-0.1, -0.05) is 60.7 Å². The van der Waals surface area contributed by atoms with E-state index in [1.54, 1.807) is 0 Å². The molecule has 22 heavy (non-hydrogen) atoms. The van der Waals surface area contributed by atoms with Gasteiger partial charge in [-0.15, -0.1) is 0 Å². The van der Waals surface area contributed by atoms with E-state index < -0.39 is 0 Å². The normalized spacial score (nSPS) is 10.8. The first-order chi connectivity index (χ1) is 10.8. The van der Waals surface area contributed by atoms with Crippen molar-refractivity contribution in [2.24, 2.45) is 0 Å². The summed E-state index contributed by atoms with van der Waals surface area (Å²) in [6, 6.07) is 25.9. The zero-order valence-electron chi connectivity index (χ0n) is 13.2. The molecule has 1 nitrogen and oxygen atoms in total. The molecule has 0 radical (unpaired) electrons. The van der Waals surface area contributed by atoms with Crippen LogP contribution in [0.25, 0.3) is 10.8 Å². The van der Waals surface area contributed by atoms with Crippen molar-refractivity contribution in [1.29, 1.82) is 0 Å². The third kappa shape index (κ3) is 3.48. The van der Waals surface area contributed by atoms with E-state index in [1.807, 2.05) is 0 Å². The van der Waals surface area contributed by atoms with Gasteiger partial charge < -0.3 is 4.90 Å². The molecule has 0 aliphatic heterocycles. The maximum absolute atomic E-state index is 2.34. The molecule has 112 valence electrons. The van der Waals surface area contributed by atoms with E-state index in [1.165, 1.54) is 34.9 Å². The zero-order valence-corrected chi connectivity index (χ0v) is 13.2. The van der Waals surface area contributed by atoms with Crippen molar-refractivity contribution in [1.82, 2.24) is 0 Å². The second-order valence-electron chi connectivity index (χ2n) is 5.85. The van der Waals surface area contributed by atoms with Crippen LogP contribution in [0.5, 0.6) is 0 Å². The molecule has 0 bridgehead atoms. The average Bonchev–Trinajstić information content (AvgIpc) is 2.59. The number of hydrogen-bond donors (Lipinski definition) is 0. The van der Waals surface area contributed by atoms with Crippen LogP contribution in [0.4, 0.5) is 5.69 Å². The molecule has 1 heteroatoms. The van der Waals surface area contributed by atoms with Gasteiger partial charge in [0.1, 0.15) is 0 Å². The largest absolute Gasteiger partial charge is 0.375 e. The van der Waals surface area contributed by atoms with Crippen molar-refractivity contribution in [2.45, 2.75) is 19.3 Å². The van der Waals surface area contributed by atoms with E-state index >= 15 is 0 Å². The summed E-state index contributed by atoms with van der Waals surface area (Å²) < 4.78 is 0. The van der Waals surface area contributed by atoms with Gasteiger partial charge in [0.05, 0.1) is 0 Å². The summed E-state index contributed by atoms with van der Waals surface area (Å²) in [6.45, 7) is 1.11. The monoisotopic (exact) mass is 289 g/mol. The second-order valence-corrected chi connectivity index (χ2v) is 5.85. The first-order valence-corrected chi connectivity index (χ1v) is 8.07. The highest BCUT2D eigenvalue weighted by molar-refractivity contribution is 5.85. The smallest absolute Gasteiger partial charge is 0.0363 e. The Kier molecular flexibility index (Phi) is 4.75. The maximum atomic E-state index is 2.34. The quantitative estimate of drug-likeness (QED) is 0.557. The van der Waals surface area contributed by atoms with E-state index in [2.05, 4.69) is 84.7 Å². The van der Waals surface area contributed by atoms with Crippen molar-refractivity contribution in [3.05, 3.63) is 78.4 Å². The van der Waals surface area contributed by atoms with Crippen molar-refractivity contribution < 1.29 is 0 Å². The topological polar surface area (TPSA) is 3.24 Å². The highest BCUT2D eigenvalue weighted by Crippen LogP contribution is 2.20. The Bertz CT molecular complexity index is 713. The first kappa shape index (κ1) is 14.6. The summed E-state index contributed by atoms with van der Waals surface area (Å²) in [5.74, 6) is 0. The Hall–Kier alpha value is -2.28. The Morgan fingerprint density at radius 1 is 0.727 bits per heavy atom. The highest BCUT2D eigenvalue weighted by Gasteiger charge is 2.02. The van der Waals surface area contributed by atoms with Crippen LogP contribution in [0.3, 0.4) is 0 Å². The lowest BCUT2D eigenvalue weighted by Gasteiger charge is -2.19. The number of hydrogen-bond acceptors (Lipinski definition) is 1. The summed E-state index contributed by atoms with van der Waals surface area (Å²) in [5.41, 5.74) is 2.77. The fraction of sp³-hybridized carbons (Fsp3) is 0.238. The predicted octanol–water partition coefficient (Wildman–Crippen LogP) is 5.30. The predicted molar refractivity (Wildman–Crippen MR) is 96.6 cm³/mol. The van der Waals surface area contributed by atoms with Crippen LogP contribution in [0.1, 0.15) is 18.4 Å². The highest BCUT2D eigenvalue weighted by atomic mass is 15.1. The number of nitrogens with zero attached hydrogens (tertiary/aromatic N) is 1. The van der Waals surface area contributed by atoms with Crippen LogP contribution in [-0.4, -0.2) is 13.6 Å². The lowest BCUT2D eigenvalue weighted by atomic mass is 10.0.